The van der Waals surface area contributed by atoms with Gasteiger partial charge in [0.05, 0.1) is 39.3 Å². The van der Waals surface area contributed by atoms with E-state index >= 15 is 0 Å². The Kier molecular flexibility index (Phi) is 3.99. The maximum Gasteiger partial charge on any atom is 0.214 e. The lowest BCUT2D eigenvalue weighted by Gasteiger charge is -2.25. The number of anilines is 1. The Morgan fingerprint density at radius 1 is 1.12 bits per heavy atom. The first kappa shape index (κ1) is 15.2. The lowest BCUT2D eigenvalue weighted by molar-refractivity contribution is 0.122. The van der Waals surface area contributed by atoms with Crippen molar-refractivity contribution in [3.8, 4) is 22.8 Å². The Morgan fingerprint density at radius 3 is 2.62 bits per heavy atom. The number of ether oxygens (including phenoxy) is 3. The molecule has 0 amide bonds. The second-order valence-corrected chi connectivity index (χ2v) is 6.34. The van der Waals surface area contributed by atoms with Crippen LogP contribution in [0.15, 0.2) is 24.4 Å². The summed E-state index contributed by atoms with van der Waals surface area (Å²) in [5.41, 5.74) is 1.83. The Bertz CT molecular complexity index is 823. The number of benzene rings is 1. The predicted octanol–water partition coefficient (Wildman–Crippen LogP) is 2.31. The lowest BCUT2D eigenvalue weighted by Crippen LogP contribution is -2.36. The number of fused-ring (bicyclic) bond motifs is 1. The molecule has 0 bridgehead atoms. The molecule has 3 aromatic rings. The highest BCUT2D eigenvalue weighted by Crippen LogP contribution is 2.33. The van der Waals surface area contributed by atoms with Crippen LogP contribution in [0.2, 0.25) is 0 Å². The van der Waals surface area contributed by atoms with Crippen molar-refractivity contribution in [2.45, 2.75) is 0 Å². The average molecular weight is 346 g/mol. The van der Waals surface area contributed by atoms with Crippen LogP contribution >= 0.6 is 11.3 Å². The maximum atomic E-state index is 5.39. The van der Waals surface area contributed by atoms with Gasteiger partial charge >= 0.3 is 0 Å². The van der Waals surface area contributed by atoms with Crippen molar-refractivity contribution in [3.05, 3.63) is 24.4 Å². The molecule has 0 unspecified atom stereocenters. The van der Waals surface area contributed by atoms with Gasteiger partial charge in [-0.25, -0.2) is 9.50 Å². The quantitative estimate of drug-likeness (QED) is 0.722. The van der Waals surface area contributed by atoms with E-state index in [1.807, 2.05) is 28.9 Å². The van der Waals surface area contributed by atoms with Crippen LogP contribution in [-0.4, -0.2) is 55.1 Å². The number of hydrogen-bond donors (Lipinski definition) is 0. The SMILES string of the molecule is COc1ccc(-c2cn3nc(N4CCOCC4)sc3n2)cc1OC. The zero-order valence-electron chi connectivity index (χ0n) is 13.6. The van der Waals surface area contributed by atoms with Crippen LogP contribution in [0.5, 0.6) is 11.5 Å². The molecule has 0 radical (unpaired) electrons. The van der Waals surface area contributed by atoms with E-state index in [1.54, 1.807) is 25.6 Å². The molecule has 4 rings (SSSR count). The molecular weight excluding hydrogens is 328 g/mol. The van der Waals surface area contributed by atoms with E-state index in [-0.39, 0.29) is 0 Å². The highest BCUT2D eigenvalue weighted by molar-refractivity contribution is 7.20. The first-order chi connectivity index (χ1) is 11.8. The van der Waals surface area contributed by atoms with Crippen LogP contribution in [0, 0.1) is 0 Å². The molecule has 24 heavy (non-hydrogen) atoms. The molecule has 0 spiro atoms. The fraction of sp³-hybridized carbons (Fsp3) is 0.375. The first-order valence-corrected chi connectivity index (χ1v) is 8.51. The van der Waals surface area contributed by atoms with Crippen molar-refractivity contribution in [2.75, 3.05) is 45.4 Å². The summed E-state index contributed by atoms with van der Waals surface area (Å²) in [6, 6.07) is 5.78. The standard InChI is InChI=1S/C16H18N4O3S/c1-21-13-4-3-11(9-14(13)22-2)12-10-20-15(17-12)24-16(18-20)19-5-7-23-8-6-19/h3-4,9-10H,5-8H2,1-2H3. The smallest absolute Gasteiger partial charge is 0.214 e. The fourth-order valence-electron chi connectivity index (χ4n) is 2.71. The largest absolute Gasteiger partial charge is 0.493 e. The Balaban J connectivity index is 1.64. The van der Waals surface area contributed by atoms with Crippen LogP contribution in [0.25, 0.3) is 16.2 Å². The third kappa shape index (κ3) is 2.67. The third-order valence-corrected chi connectivity index (χ3v) is 4.98. The summed E-state index contributed by atoms with van der Waals surface area (Å²) in [6.45, 7) is 3.25. The van der Waals surface area contributed by atoms with Gasteiger partial charge in [0.1, 0.15) is 0 Å². The van der Waals surface area contributed by atoms with Crippen LogP contribution in [-0.2, 0) is 4.74 Å². The molecule has 0 atom stereocenters. The normalized spacial score (nSPS) is 15.0. The minimum Gasteiger partial charge on any atom is -0.493 e. The number of aromatic nitrogens is 3. The van der Waals surface area contributed by atoms with Gasteiger partial charge in [0, 0.05) is 18.7 Å². The summed E-state index contributed by atoms with van der Waals surface area (Å²) >= 11 is 1.59. The molecule has 8 heteroatoms. The number of morpholine rings is 1. The van der Waals surface area contributed by atoms with E-state index in [4.69, 9.17) is 19.2 Å². The summed E-state index contributed by atoms with van der Waals surface area (Å²) in [6.07, 6.45) is 1.94. The second kappa shape index (κ2) is 6.29. The van der Waals surface area contributed by atoms with Crippen molar-refractivity contribution >= 4 is 21.4 Å². The van der Waals surface area contributed by atoms with Crippen LogP contribution < -0.4 is 14.4 Å². The van der Waals surface area contributed by atoms with Crippen molar-refractivity contribution in [1.29, 1.82) is 0 Å². The molecule has 1 aromatic carbocycles. The van der Waals surface area contributed by atoms with Crippen LogP contribution in [0.1, 0.15) is 0 Å². The number of nitrogens with zero attached hydrogens (tertiary/aromatic N) is 4. The molecule has 7 nitrogen and oxygen atoms in total. The van der Waals surface area contributed by atoms with E-state index in [0.29, 0.717) is 11.5 Å². The molecule has 0 saturated carbocycles. The van der Waals surface area contributed by atoms with Gasteiger partial charge in [0.25, 0.3) is 0 Å². The van der Waals surface area contributed by atoms with Crippen molar-refractivity contribution in [3.63, 3.8) is 0 Å². The number of rotatable bonds is 4. The zero-order valence-corrected chi connectivity index (χ0v) is 14.4. The van der Waals surface area contributed by atoms with Gasteiger partial charge in [0.2, 0.25) is 10.1 Å². The molecule has 1 aliphatic heterocycles. The molecule has 1 fully saturated rings. The number of hydrogen-bond acceptors (Lipinski definition) is 7. The maximum absolute atomic E-state index is 5.39. The third-order valence-electron chi connectivity index (χ3n) is 3.99. The molecule has 1 aliphatic rings. The van der Waals surface area contributed by atoms with Gasteiger partial charge in [-0.1, -0.05) is 11.3 Å². The number of imidazole rings is 1. The second-order valence-electron chi connectivity index (χ2n) is 5.41. The summed E-state index contributed by atoms with van der Waals surface area (Å²) in [4.78, 5) is 7.81. The van der Waals surface area contributed by atoms with Gasteiger partial charge in [-0.3, -0.25) is 0 Å². The fourth-order valence-corrected chi connectivity index (χ4v) is 3.64. The van der Waals surface area contributed by atoms with Crippen molar-refractivity contribution in [2.24, 2.45) is 0 Å². The highest BCUT2D eigenvalue weighted by Gasteiger charge is 2.17. The lowest BCUT2D eigenvalue weighted by atomic mass is 10.1. The summed E-state index contributed by atoms with van der Waals surface area (Å²) in [5.74, 6) is 1.39. The summed E-state index contributed by atoms with van der Waals surface area (Å²) in [7, 11) is 3.25. The van der Waals surface area contributed by atoms with E-state index in [1.165, 1.54) is 0 Å². The van der Waals surface area contributed by atoms with Gasteiger partial charge in [0.15, 0.2) is 11.5 Å². The Morgan fingerprint density at radius 2 is 1.92 bits per heavy atom. The molecule has 2 aromatic heterocycles. The van der Waals surface area contributed by atoms with E-state index in [2.05, 4.69) is 10.00 Å². The Hall–Kier alpha value is -2.32. The zero-order chi connectivity index (χ0) is 16.5. The monoisotopic (exact) mass is 346 g/mol. The Labute approximate surface area is 143 Å². The van der Waals surface area contributed by atoms with E-state index < -0.39 is 0 Å². The predicted molar refractivity (Wildman–Crippen MR) is 92.4 cm³/mol. The highest BCUT2D eigenvalue weighted by atomic mass is 32.1. The topological polar surface area (TPSA) is 61.1 Å². The first-order valence-electron chi connectivity index (χ1n) is 7.70. The molecule has 0 aliphatic carbocycles. The van der Waals surface area contributed by atoms with E-state index in [0.717, 1.165) is 47.7 Å². The van der Waals surface area contributed by atoms with Gasteiger partial charge in [-0.05, 0) is 18.2 Å². The summed E-state index contributed by atoms with van der Waals surface area (Å²) in [5, 5.41) is 5.63. The minimum atomic E-state index is 0.688. The van der Waals surface area contributed by atoms with Crippen LogP contribution in [0.3, 0.4) is 0 Å². The molecule has 0 N–H and O–H groups in total. The molecule has 1 saturated heterocycles. The van der Waals surface area contributed by atoms with Gasteiger partial charge in [-0.2, -0.15) is 0 Å². The minimum absolute atomic E-state index is 0.688. The van der Waals surface area contributed by atoms with Crippen molar-refractivity contribution < 1.29 is 14.2 Å². The van der Waals surface area contributed by atoms with Gasteiger partial charge in [-0.15, -0.1) is 5.10 Å². The van der Waals surface area contributed by atoms with Crippen molar-refractivity contribution in [1.82, 2.24) is 14.6 Å². The summed E-state index contributed by atoms with van der Waals surface area (Å²) < 4.78 is 17.9. The van der Waals surface area contributed by atoms with E-state index in [9.17, 15) is 0 Å². The number of methoxy groups -OCH3 is 2. The average Bonchev–Trinajstić information content (AvgIpc) is 3.21. The van der Waals surface area contributed by atoms with Gasteiger partial charge < -0.3 is 19.1 Å². The molecule has 3 heterocycles. The van der Waals surface area contributed by atoms with Crippen LogP contribution in [0.4, 0.5) is 5.13 Å². The molecular formula is C16H18N4O3S. The molecule has 126 valence electrons.